The van der Waals surface area contributed by atoms with Crippen LogP contribution in [-0.4, -0.2) is 30.9 Å². The Morgan fingerprint density at radius 2 is 2.00 bits per heavy atom. The number of nitrogens with two attached hydrogens (primary N) is 1. The van der Waals surface area contributed by atoms with E-state index >= 15 is 0 Å². The zero-order chi connectivity index (χ0) is 11.1. The van der Waals surface area contributed by atoms with Crippen molar-refractivity contribution in [1.82, 2.24) is 10.6 Å². The minimum Gasteiger partial charge on any atom is -0.373 e. The van der Waals surface area contributed by atoms with Gasteiger partial charge in [0.2, 0.25) is 11.8 Å². The van der Waals surface area contributed by atoms with Crippen LogP contribution in [0.15, 0.2) is 0 Å². The zero-order valence-electron chi connectivity index (χ0n) is 7.99. The molecular weight excluding hydrogens is 190 g/mol. The first-order chi connectivity index (χ1) is 6.51. The highest BCUT2D eigenvalue weighted by Gasteiger charge is 2.22. The van der Waals surface area contributed by atoms with E-state index < -0.39 is 23.8 Å². The van der Waals surface area contributed by atoms with Crippen molar-refractivity contribution in [2.24, 2.45) is 5.90 Å². The Morgan fingerprint density at radius 1 is 1.43 bits per heavy atom. The average Bonchev–Trinajstić information content (AvgIpc) is 2.14. The molecule has 14 heavy (non-hydrogen) atoms. The van der Waals surface area contributed by atoms with Gasteiger partial charge in [-0.15, -0.1) is 0 Å². The van der Waals surface area contributed by atoms with Gasteiger partial charge in [0.05, 0.1) is 6.42 Å². The SMILES string of the molecule is CNC(=O)C(CC(=O)ON)NC(C)=O. The van der Waals surface area contributed by atoms with Gasteiger partial charge in [0.25, 0.3) is 0 Å². The maximum Gasteiger partial charge on any atom is 0.327 e. The van der Waals surface area contributed by atoms with Crippen molar-refractivity contribution in [3.63, 3.8) is 0 Å². The third-order valence-electron chi connectivity index (χ3n) is 1.44. The van der Waals surface area contributed by atoms with Crippen molar-refractivity contribution in [2.75, 3.05) is 7.05 Å². The van der Waals surface area contributed by atoms with Crippen molar-refractivity contribution < 1.29 is 19.2 Å². The zero-order valence-corrected chi connectivity index (χ0v) is 7.99. The van der Waals surface area contributed by atoms with Crippen molar-refractivity contribution in [1.29, 1.82) is 0 Å². The highest BCUT2D eigenvalue weighted by atomic mass is 16.7. The van der Waals surface area contributed by atoms with Crippen LogP contribution in [0.1, 0.15) is 13.3 Å². The summed E-state index contributed by atoms with van der Waals surface area (Å²) in [7, 11) is 1.39. The molecule has 7 nitrogen and oxygen atoms in total. The van der Waals surface area contributed by atoms with E-state index in [0.717, 1.165) is 0 Å². The molecular formula is C7H13N3O4. The number of carbonyl (C=O) groups excluding carboxylic acids is 3. The molecule has 0 aliphatic rings. The lowest BCUT2D eigenvalue weighted by Crippen LogP contribution is -2.46. The molecule has 0 fully saturated rings. The summed E-state index contributed by atoms with van der Waals surface area (Å²) in [4.78, 5) is 36.4. The van der Waals surface area contributed by atoms with E-state index in [-0.39, 0.29) is 6.42 Å². The number of carbonyl (C=O) groups is 3. The summed E-state index contributed by atoms with van der Waals surface area (Å²) in [5, 5.41) is 4.59. The van der Waals surface area contributed by atoms with Crippen LogP contribution in [0.2, 0.25) is 0 Å². The monoisotopic (exact) mass is 203 g/mol. The number of likely N-dealkylation sites (N-methyl/N-ethyl adjacent to an activating group) is 1. The number of rotatable bonds is 4. The quantitative estimate of drug-likeness (QED) is 0.460. The van der Waals surface area contributed by atoms with E-state index in [1.54, 1.807) is 0 Å². The van der Waals surface area contributed by atoms with Crippen LogP contribution in [0.5, 0.6) is 0 Å². The second-order valence-corrected chi connectivity index (χ2v) is 2.56. The molecule has 0 aromatic rings. The Hall–Kier alpha value is -1.63. The molecule has 0 saturated carbocycles. The lowest BCUT2D eigenvalue weighted by Gasteiger charge is -2.14. The Bertz CT molecular complexity index is 241. The topological polar surface area (TPSA) is 111 Å². The normalized spacial score (nSPS) is 11.4. The fraction of sp³-hybridized carbons (Fsp3) is 0.571. The lowest BCUT2D eigenvalue weighted by atomic mass is 10.2. The van der Waals surface area contributed by atoms with E-state index in [1.165, 1.54) is 14.0 Å². The number of amides is 2. The van der Waals surface area contributed by atoms with E-state index in [1.807, 2.05) is 0 Å². The van der Waals surface area contributed by atoms with Crippen LogP contribution >= 0.6 is 0 Å². The van der Waals surface area contributed by atoms with Gasteiger partial charge in [0.15, 0.2) is 0 Å². The minimum atomic E-state index is -0.950. The molecule has 7 heteroatoms. The average molecular weight is 203 g/mol. The van der Waals surface area contributed by atoms with E-state index in [9.17, 15) is 14.4 Å². The van der Waals surface area contributed by atoms with Crippen molar-refractivity contribution >= 4 is 17.8 Å². The van der Waals surface area contributed by atoms with Crippen LogP contribution < -0.4 is 16.5 Å². The maximum atomic E-state index is 11.1. The summed E-state index contributed by atoms with van der Waals surface area (Å²) >= 11 is 0. The predicted octanol–water partition coefficient (Wildman–Crippen LogP) is -1.96. The van der Waals surface area contributed by atoms with Gasteiger partial charge in [-0.2, -0.15) is 5.90 Å². The third-order valence-corrected chi connectivity index (χ3v) is 1.44. The van der Waals surface area contributed by atoms with E-state index in [0.29, 0.717) is 0 Å². The van der Waals surface area contributed by atoms with Gasteiger partial charge in [-0.1, -0.05) is 0 Å². The van der Waals surface area contributed by atoms with Crippen LogP contribution in [-0.2, 0) is 19.2 Å². The predicted molar refractivity (Wildman–Crippen MR) is 46.6 cm³/mol. The highest BCUT2D eigenvalue weighted by Crippen LogP contribution is 1.94. The standard InChI is InChI=1S/C7H13N3O4/c1-4(11)10-5(7(13)9-2)3-6(12)14-8/h5H,3,8H2,1-2H3,(H,9,13)(H,10,11). The number of hydrogen-bond acceptors (Lipinski definition) is 5. The van der Waals surface area contributed by atoms with Crippen LogP contribution in [0, 0.1) is 0 Å². The molecule has 0 aliphatic heterocycles. The fourth-order valence-electron chi connectivity index (χ4n) is 0.844. The molecule has 0 radical (unpaired) electrons. The summed E-state index contributed by atoms with van der Waals surface area (Å²) in [6.45, 7) is 1.24. The van der Waals surface area contributed by atoms with Gasteiger partial charge in [0.1, 0.15) is 6.04 Å². The Labute approximate surface area is 80.9 Å². The highest BCUT2D eigenvalue weighted by molar-refractivity contribution is 5.90. The van der Waals surface area contributed by atoms with Gasteiger partial charge >= 0.3 is 5.97 Å². The molecule has 0 bridgehead atoms. The summed E-state index contributed by atoms with van der Waals surface area (Å²) in [5.74, 6) is 2.93. The Balaban J connectivity index is 4.31. The summed E-state index contributed by atoms with van der Waals surface area (Å²) < 4.78 is 0. The number of nitrogens with one attached hydrogen (secondary N) is 2. The lowest BCUT2D eigenvalue weighted by molar-refractivity contribution is -0.146. The first-order valence-corrected chi connectivity index (χ1v) is 3.89. The van der Waals surface area contributed by atoms with Gasteiger partial charge in [-0.25, -0.2) is 0 Å². The second-order valence-electron chi connectivity index (χ2n) is 2.56. The summed E-state index contributed by atoms with van der Waals surface area (Å²) in [6.07, 6.45) is -0.296. The molecule has 80 valence electrons. The van der Waals surface area contributed by atoms with E-state index in [2.05, 4.69) is 21.4 Å². The van der Waals surface area contributed by atoms with Crippen molar-refractivity contribution in [2.45, 2.75) is 19.4 Å². The number of hydrogen-bond donors (Lipinski definition) is 3. The molecule has 0 rings (SSSR count). The molecule has 2 amide bonds. The molecule has 0 heterocycles. The molecule has 1 atom stereocenters. The summed E-state index contributed by atoms with van der Waals surface area (Å²) in [6, 6.07) is -0.950. The van der Waals surface area contributed by atoms with Crippen LogP contribution in [0.4, 0.5) is 0 Å². The molecule has 0 aromatic heterocycles. The Morgan fingerprint density at radius 3 is 2.36 bits per heavy atom. The summed E-state index contributed by atoms with van der Waals surface area (Å²) in [5.41, 5.74) is 0. The van der Waals surface area contributed by atoms with Crippen LogP contribution in [0.3, 0.4) is 0 Å². The van der Waals surface area contributed by atoms with Crippen molar-refractivity contribution in [3.8, 4) is 0 Å². The van der Waals surface area contributed by atoms with Gasteiger partial charge in [-0.3, -0.25) is 14.4 Å². The molecule has 4 N–H and O–H groups in total. The van der Waals surface area contributed by atoms with Crippen molar-refractivity contribution in [3.05, 3.63) is 0 Å². The fourth-order valence-corrected chi connectivity index (χ4v) is 0.844. The molecule has 1 unspecified atom stereocenters. The Kier molecular flexibility index (Phi) is 5.23. The minimum absolute atomic E-state index is 0.296. The molecule has 0 aromatic carbocycles. The first-order valence-electron chi connectivity index (χ1n) is 3.89. The van der Waals surface area contributed by atoms with Gasteiger partial charge in [0, 0.05) is 14.0 Å². The molecule has 0 saturated heterocycles. The largest absolute Gasteiger partial charge is 0.373 e. The molecule has 0 spiro atoms. The smallest absolute Gasteiger partial charge is 0.327 e. The van der Waals surface area contributed by atoms with Gasteiger partial charge in [-0.05, 0) is 0 Å². The third kappa shape index (κ3) is 4.41. The first kappa shape index (κ1) is 12.4. The van der Waals surface area contributed by atoms with Gasteiger partial charge < -0.3 is 15.5 Å². The van der Waals surface area contributed by atoms with Crippen LogP contribution in [0.25, 0.3) is 0 Å². The maximum absolute atomic E-state index is 11.1. The van der Waals surface area contributed by atoms with E-state index in [4.69, 9.17) is 0 Å². The molecule has 0 aliphatic carbocycles. The second kappa shape index (κ2) is 5.92.